The Kier molecular flexibility index (Phi) is 2.83. The van der Waals surface area contributed by atoms with Gasteiger partial charge in [0, 0.05) is 0 Å². The molecule has 4 nitrogen and oxygen atoms in total. The highest BCUT2D eigenvalue weighted by molar-refractivity contribution is 5.74. The van der Waals surface area contributed by atoms with Crippen molar-refractivity contribution in [2.75, 3.05) is 0 Å². The minimum Gasteiger partial charge on any atom is -0.488 e. The second kappa shape index (κ2) is 4.04. The topological polar surface area (TPSA) is 66.8 Å². The molecule has 0 aliphatic carbocycles. The van der Waals surface area contributed by atoms with Gasteiger partial charge >= 0.3 is 5.97 Å². The highest BCUT2D eigenvalue weighted by atomic mass is 16.5. The van der Waals surface area contributed by atoms with Gasteiger partial charge in [0.25, 0.3) is 0 Å². The number of ether oxygens (including phenoxy) is 1. The van der Waals surface area contributed by atoms with Gasteiger partial charge in [-0.1, -0.05) is 6.07 Å². The lowest BCUT2D eigenvalue weighted by atomic mass is 9.92. The molecule has 0 spiro atoms. The maximum Gasteiger partial charge on any atom is 0.337 e. The lowest BCUT2D eigenvalue weighted by Crippen LogP contribution is -2.32. The predicted octanol–water partition coefficient (Wildman–Crippen LogP) is 1.91. The molecule has 0 bridgehead atoms. The minimum atomic E-state index is -1.46. The van der Waals surface area contributed by atoms with E-state index in [1.54, 1.807) is 18.2 Å². The summed E-state index contributed by atoms with van der Waals surface area (Å²) in [6, 6.07) is 5.04. The molecule has 1 atom stereocenters. The van der Waals surface area contributed by atoms with Crippen molar-refractivity contribution in [1.82, 2.24) is 0 Å². The molecule has 1 unspecified atom stereocenters. The van der Waals surface area contributed by atoms with Crippen molar-refractivity contribution in [2.45, 2.75) is 38.4 Å². The van der Waals surface area contributed by atoms with E-state index in [0.29, 0.717) is 5.56 Å². The summed E-state index contributed by atoms with van der Waals surface area (Å²) in [5, 5.41) is 18.2. The fourth-order valence-corrected chi connectivity index (χ4v) is 1.99. The van der Waals surface area contributed by atoms with Crippen LogP contribution in [0, 0.1) is 0 Å². The van der Waals surface area contributed by atoms with Crippen LogP contribution in [-0.4, -0.2) is 21.8 Å². The van der Waals surface area contributed by atoms with Crippen LogP contribution >= 0.6 is 0 Å². The first-order chi connectivity index (χ1) is 7.89. The van der Waals surface area contributed by atoms with Gasteiger partial charge in [-0.2, -0.15) is 0 Å². The summed E-state index contributed by atoms with van der Waals surface area (Å²) >= 11 is 0. The maximum atomic E-state index is 10.7. The molecule has 0 saturated heterocycles. The molecule has 0 saturated carbocycles. The highest BCUT2D eigenvalue weighted by Gasteiger charge is 2.27. The van der Waals surface area contributed by atoms with Gasteiger partial charge in [-0.25, -0.2) is 4.79 Å². The number of aliphatic hydroxyl groups is 1. The van der Waals surface area contributed by atoms with Gasteiger partial charge in [0.05, 0.1) is 0 Å². The summed E-state index contributed by atoms with van der Waals surface area (Å²) in [7, 11) is 0. The van der Waals surface area contributed by atoms with Crippen LogP contribution in [0.1, 0.15) is 37.5 Å². The van der Waals surface area contributed by atoms with Crippen LogP contribution in [0.3, 0.4) is 0 Å². The van der Waals surface area contributed by atoms with E-state index in [-0.39, 0.29) is 5.60 Å². The van der Waals surface area contributed by atoms with Crippen LogP contribution in [0.2, 0.25) is 0 Å². The smallest absolute Gasteiger partial charge is 0.337 e. The van der Waals surface area contributed by atoms with E-state index in [1.165, 1.54) is 0 Å². The first-order valence-electron chi connectivity index (χ1n) is 5.62. The number of rotatable bonds is 2. The third kappa shape index (κ3) is 2.42. The average Bonchev–Trinajstić information content (AvgIpc) is 2.26. The Hall–Kier alpha value is -1.55. The van der Waals surface area contributed by atoms with Gasteiger partial charge in [0.15, 0.2) is 6.10 Å². The van der Waals surface area contributed by atoms with Crippen LogP contribution in [0.25, 0.3) is 0 Å². The normalized spacial score (nSPS) is 19.0. The first-order valence-corrected chi connectivity index (χ1v) is 5.62. The second-order valence-corrected chi connectivity index (χ2v) is 4.97. The average molecular weight is 236 g/mol. The van der Waals surface area contributed by atoms with E-state index in [9.17, 15) is 9.90 Å². The Bertz CT molecular complexity index is 451. The first kappa shape index (κ1) is 11.9. The lowest BCUT2D eigenvalue weighted by molar-refractivity contribution is -0.146. The Morgan fingerprint density at radius 2 is 2.18 bits per heavy atom. The molecule has 92 valence electrons. The Labute approximate surface area is 99.8 Å². The van der Waals surface area contributed by atoms with Gasteiger partial charge in [0.2, 0.25) is 0 Å². The van der Waals surface area contributed by atoms with E-state index in [4.69, 9.17) is 9.84 Å². The van der Waals surface area contributed by atoms with E-state index in [1.807, 2.05) is 13.8 Å². The zero-order valence-corrected chi connectivity index (χ0v) is 9.93. The van der Waals surface area contributed by atoms with Crippen LogP contribution in [0.15, 0.2) is 18.2 Å². The largest absolute Gasteiger partial charge is 0.488 e. The van der Waals surface area contributed by atoms with Crippen molar-refractivity contribution in [2.24, 2.45) is 0 Å². The van der Waals surface area contributed by atoms with Crippen LogP contribution < -0.4 is 4.74 Å². The van der Waals surface area contributed by atoms with Gasteiger partial charge in [-0.15, -0.1) is 0 Å². The molecule has 2 N–H and O–H groups in total. The van der Waals surface area contributed by atoms with Gasteiger partial charge < -0.3 is 14.9 Å². The molecule has 0 aromatic heterocycles. The maximum absolute atomic E-state index is 10.7. The van der Waals surface area contributed by atoms with Crippen molar-refractivity contribution in [3.8, 4) is 5.75 Å². The molecule has 1 aliphatic rings. The number of fused-ring (bicyclic) bond motifs is 1. The number of carboxylic acid groups (broad SMARTS) is 1. The minimum absolute atomic E-state index is 0.181. The Morgan fingerprint density at radius 1 is 1.47 bits per heavy atom. The van der Waals surface area contributed by atoms with Crippen molar-refractivity contribution in [3.63, 3.8) is 0 Å². The quantitative estimate of drug-likeness (QED) is 0.823. The molecular formula is C13H16O4. The number of carboxylic acids is 1. The molecule has 1 aromatic rings. The van der Waals surface area contributed by atoms with Crippen molar-refractivity contribution < 1.29 is 19.7 Å². The summed E-state index contributed by atoms with van der Waals surface area (Å²) in [5.74, 6) is -0.454. The number of hydrogen-bond acceptors (Lipinski definition) is 3. The number of hydrogen-bond donors (Lipinski definition) is 2. The summed E-state index contributed by atoms with van der Waals surface area (Å²) < 4.78 is 5.79. The molecule has 4 heteroatoms. The van der Waals surface area contributed by atoms with Gasteiger partial charge in [0.1, 0.15) is 11.4 Å². The van der Waals surface area contributed by atoms with E-state index in [2.05, 4.69) is 0 Å². The zero-order chi connectivity index (χ0) is 12.6. The SMILES string of the molecule is CC1(C)CCc2cc(C(O)C(=O)O)ccc2O1. The third-order valence-corrected chi connectivity index (χ3v) is 3.02. The van der Waals surface area contributed by atoms with Crippen LogP contribution in [0.5, 0.6) is 5.75 Å². The third-order valence-electron chi connectivity index (χ3n) is 3.02. The molecule has 17 heavy (non-hydrogen) atoms. The molecule has 1 aromatic carbocycles. The fourth-order valence-electron chi connectivity index (χ4n) is 1.99. The monoisotopic (exact) mass is 236 g/mol. The highest BCUT2D eigenvalue weighted by Crippen LogP contribution is 2.34. The number of carbonyl (C=O) groups is 1. The molecule has 2 rings (SSSR count). The second-order valence-electron chi connectivity index (χ2n) is 4.97. The zero-order valence-electron chi connectivity index (χ0n) is 9.93. The molecule has 0 radical (unpaired) electrons. The van der Waals surface area contributed by atoms with Crippen molar-refractivity contribution in [3.05, 3.63) is 29.3 Å². The van der Waals surface area contributed by atoms with Crippen LogP contribution in [-0.2, 0) is 11.2 Å². The van der Waals surface area contributed by atoms with E-state index >= 15 is 0 Å². The Morgan fingerprint density at radius 3 is 2.82 bits per heavy atom. The summed E-state index contributed by atoms with van der Waals surface area (Å²) in [4.78, 5) is 10.7. The summed E-state index contributed by atoms with van der Waals surface area (Å²) in [6.07, 6.45) is 0.255. The summed E-state index contributed by atoms with van der Waals surface area (Å²) in [6.45, 7) is 4.05. The number of benzene rings is 1. The predicted molar refractivity (Wildman–Crippen MR) is 62.1 cm³/mol. The standard InChI is InChI=1S/C13H16O4/c1-13(2)6-5-8-7-9(11(14)12(15)16)3-4-10(8)17-13/h3-4,7,11,14H,5-6H2,1-2H3,(H,15,16). The lowest BCUT2D eigenvalue weighted by Gasteiger charge is -2.32. The number of aryl methyl sites for hydroxylation is 1. The number of aliphatic hydroxyl groups excluding tert-OH is 1. The van der Waals surface area contributed by atoms with E-state index < -0.39 is 12.1 Å². The van der Waals surface area contributed by atoms with Gasteiger partial charge in [-0.05, 0) is 49.9 Å². The van der Waals surface area contributed by atoms with Crippen molar-refractivity contribution in [1.29, 1.82) is 0 Å². The Balaban J connectivity index is 2.30. The fraction of sp³-hybridized carbons (Fsp3) is 0.462. The molecule has 0 amide bonds. The number of aliphatic carboxylic acids is 1. The molecular weight excluding hydrogens is 220 g/mol. The molecule has 1 heterocycles. The molecule has 1 aliphatic heterocycles. The summed E-state index contributed by atoms with van der Waals surface area (Å²) in [5.41, 5.74) is 1.18. The van der Waals surface area contributed by atoms with Gasteiger partial charge in [-0.3, -0.25) is 0 Å². The van der Waals surface area contributed by atoms with E-state index in [0.717, 1.165) is 24.2 Å². The van der Waals surface area contributed by atoms with Crippen LogP contribution in [0.4, 0.5) is 0 Å². The molecule has 0 fully saturated rings. The van der Waals surface area contributed by atoms with Crippen molar-refractivity contribution >= 4 is 5.97 Å².